The van der Waals surface area contributed by atoms with Crippen molar-refractivity contribution in [3.8, 4) is 0 Å². The van der Waals surface area contributed by atoms with Crippen molar-refractivity contribution in [1.29, 1.82) is 0 Å². The maximum Gasteiger partial charge on any atom is 0.130 e. The molecule has 1 radical (unpaired) electrons. The molecule has 1 nitrogen and oxygen atoms in total. The van der Waals surface area contributed by atoms with E-state index < -0.39 is 0 Å². The standard InChI is InChI=1S/C59N/c1-2-5-6-3(1)10-12-8-4(1)7-11-9(2)15-19-17(5)25-26-18(6)20-16(10)24-22(12)30-28-14(8)13(7)27-29-21(11)23(15)37-39-31(19)33(25)47-48-34(26)32(20)40-38(24)44-42(30)46-36(28)35(27)45-41(29)43(37)51-49(39)53(47)57-54(48)50(40)52(44)59-56(46)55(45)58(51)60(57)59. The summed E-state index contributed by atoms with van der Waals surface area (Å²) in [4.78, 5) is 0. The third kappa shape index (κ3) is 0.983. The first-order valence-corrected chi connectivity index (χ1v) is 22.4. The highest BCUT2D eigenvalue weighted by Gasteiger charge is 2.54. The summed E-state index contributed by atoms with van der Waals surface area (Å²) in [5, 5.41) is 89.3. The van der Waals surface area contributed by atoms with E-state index in [1.807, 2.05) is 0 Å². The van der Waals surface area contributed by atoms with Crippen LogP contribution in [-0.4, -0.2) is 4.57 Å². The molecule has 1 aliphatic carbocycles. The van der Waals surface area contributed by atoms with Crippen molar-refractivity contribution >= 4 is 302 Å². The van der Waals surface area contributed by atoms with Gasteiger partial charge >= 0.3 is 0 Å². The predicted molar refractivity (Wildman–Crippen MR) is 256 cm³/mol. The van der Waals surface area contributed by atoms with E-state index in [1.165, 1.54) is 0 Å². The Balaban J connectivity index is 1.35. The number of hydrogen-bond acceptors (Lipinski definition) is 0. The average Bonchev–Trinajstić information content (AvgIpc) is 4.09. The van der Waals surface area contributed by atoms with Crippen molar-refractivity contribution in [2.45, 2.75) is 0 Å². The normalized spacial score (nSPS) is 18.6. The summed E-state index contributed by atoms with van der Waals surface area (Å²) < 4.78 is 2.99. The molecule has 32 rings (SSSR count). The maximum atomic E-state index is 2.99. The van der Waals surface area contributed by atoms with Gasteiger partial charge in [-0.25, -0.2) is 0 Å². The highest BCUT2D eigenvalue weighted by atomic mass is 15.1. The van der Waals surface area contributed by atoms with Crippen molar-refractivity contribution in [3.05, 3.63) is 17.2 Å². The fourth-order valence-electron chi connectivity index (χ4n) is 22.3. The Labute approximate surface area is 322 Å². The molecular formula is C59N. The Morgan fingerprint density at radius 1 is 0.117 bits per heavy atom. The molecule has 0 N–H and O–H groups in total. The van der Waals surface area contributed by atoms with Crippen molar-refractivity contribution in [2.75, 3.05) is 0 Å². The summed E-state index contributed by atoms with van der Waals surface area (Å²) in [6.07, 6.45) is 0. The minimum Gasteiger partial charge on any atom is -0.321 e. The van der Waals surface area contributed by atoms with Crippen molar-refractivity contribution < 1.29 is 0 Å². The number of pyridine rings is 1. The van der Waals surface area contributed by atoms with Crippen LogP contribution in [-0.2, 0) is 0 Å². The molecule has 0 atom stereocenters. The van der Waals surface area contributed by atoms with Gasteiger partial charge in [-0.05, 0) is 113 Å². The number of benzene rings is 17. The molecule has 3 heterocycles. The number of nitrogens with zero attached hydrogens (tertiary/aromatic N) is 1. The molecule has 1 aromatic heterocycles. The first kappa shape index (κ1) is 20.3. The van der Waals surface area contributed by atoms with Gasteiger partial charge in [0, 0.05) is 189 Å². The molecule has 0 saturated carbocycles. The van der Waals surface area contributed by atoms with E-state index in [9.17, 15) is 0 Å². The number of aromatic nitrogens is 1. The van der Waals surface area contributed by atoms with E-state index in [0.717, 1.165) is 0 Å². The van der Waals surface area contributed by atoms with Gasteiger partial charge in [0.25, 0.3) is 0 Å². The zero-order valence-corrected chi connectivity index (χ0v) is 29.9. The second-order valence-electron chi connectivity index (χ2n) is 22.4. The molecule has 0 spiro atoms. The second kappa shape index (κ2) is 4.36. The molecule has 0 saturated heterocycles. The van der Waals surface area contributed by atoms with Gasteiger partial charge in [-0.2, -0.15) is 0 Å². The van der Waals surface area contributed by atoms with Gasteiger partial charge in [-0.1, -0.05) is 0 Å². The molecule has 29 aromatic rings. The van der Waals surface area contributed by atoms with Crippen LogP contribution in [0.2, 0.25) is 0 Å². The Kier molecular flexibility index (Phi) is 1.48. The smallest absolute Gasteiger partial charge is 0.130 e. The highest BCUT2D eigenvalue weighted by molar-refractivity contribution is 6.83. The lowest BCUT2D eigenvalue weighted by molar-refractivity contribution is 0.991. The molecule has 1 heteroatoms. The monoisotopic (exact) mass is 722 g/mol. The Morgan fingerprint density at radius 2 is 0.250 bits per heavy atom. The first-order valence-electron chi connectivity index (χ1n) is 22.4. The molecule has 0 fully saturated rings. The lowest BCUT2D eigenvalue weighted by Crippen LogP contribution is -2.15. The van der Waals surface area contributed by atoms with E-state index >= 15 is 0 Å². The molecule has 0 bridgehead atoms. The topological polar surface area (TPSA) is 4.93 Å². The van der Waals surface area contributed by atoms with E-state index in [2.05, 4.69) is 4.57 Å². The molecule has 28 aromatic carbocycles. The summed E-state index contributed by atoms with van der Waals surface area (Å²) >= 11 is 0. The summed E-state index contributed by atoms with van der Waals surface area (Å²) in [7, 11) is 0. The van der Waals surface area contributed by atoms with Gasteiger partial charge in [0.05, 0.1) is 11.0 Å². The number of rotatable bonds is 0. The van der Waals surface area contributed by atoms with E-state index in [1.54, 1.807) is 319 Å². The van der Waals surface area contributed by atoms with Crippen LogP contribution in [0.3, 0.4) is 0 Å². The Bertz CT molecular complexity index is 6350. The minimum atomic E-state index is 1.58. The van der Waals surface area contributed by atoms with Crippen LogP contribution in [0.5, 0.6) is 0 Å². The van der Waals surface area contributed by atoms with Crippen LogP contribution in [0.15, 0.2) is 0 Å². The molecule has 60 heavy (non-hydrogen) atoms. The van der Waals surface area contributed by atoms with Gasteiger partial charge in [0.2, 0.25) is 0 Å². The fourth-order valence-corrected chi connectivity index (χ4v) is 22.3. The van der Waals surface area contributed by atoms with Gasteiger partial charge in [0.1, 0.15) is 6.04 Å². The third-order valence-corrected chi connectivity index (χ3v) is 22.3. The quantitative estimate of drug-likeness (QED) is 0.137. The zero-order chi connectivity index (χ0) is 34.6. The van der Waals surface area contributed by atoms with Crippen LogP contribution in [0, 0.1) is 6.04 Å². The average molecular weight is 723 g/mol. The first-order chi connectivity index (χ1) is 30.0. The van der Waals surface area contributed by atoms with E-state index in [-0.39, 0.29) is 0 Å². The Hall–Kier alpha value is -7.74. The van der Waals surface area contributed by atoms with Crippen molar-refractivity contribution in [2.24, 2.45) is 0 Å². The highest BCUT2D eigenvalue weighted by Crippen LogP contribution is 2.80. The van der Waals surface area contributed by atoms with Crippen LogP contribution in [0.1, 0.15) is 11.1 Å². The molecule has 0 amide bonds. The third-order valence-electron chi connectivity index (χ3n) is 22.3. The van der Waals surface area contributed by atoms with Crippen LogP contribution in [0.4, 0.5) is 0 Å². The van der Waals surface area contributed by atoms with Crippen molar-refractivity contribution in [1.82, 2.24) is 4.57 Å². The molecule has 2 aliphatic heterocycles. The Morgan fingerprint density at radius 3 is 0.533 bits per heavy atom. The predicted octanol–water partition coefficient (Wildman–Crippen LogP) is 16.6. The lowest BCUT2D eigenvalue weighted by atomic mass is 9.82. The van der Waals surface area contributed by atoms with Crippen LogP contribution in [0.25, 0.3) is 302 Å². The van der Waals surface area contributed by atoms with Crippen molar-refractivity contribution in [3.63, 3.8) is 0 Å². The second-order valence-corrected chi connectivity index (χ2v) is 22.4. The summed E-state index contributed by atoms with van der Waals surface area (Å²) in [5.41, 5.74) is 6.43. The summed E-state index contributed by atoms with van der Waals surface area (Å²) in [6.45, 7) is 0. The van der Waals surface area contributed by atoms with Gasteiger partial charge in [0.15, 0.2) is 0 Å². The SMILES string of the molecule is [C]12c3c4c5c6c1c1c7c8c6c6c5c5c9c4c4c3c3c%10c%11c4c4c9c9c5c5c6c6c8c8c7c7c%12c%13c8c8c6c5c5c9c6c4c%11c4c9c6c5c8c%13c9c5c4c%10c4c(c5%12)c7c1n2c34. The van der Waals surface area contributed by atoms with Gasteiger partial charge in [-0.3, -0.25) is 0 Å². The fraction of sp³-hybridized carbons (Fsp3) is 0. The van der Waals surface area contributed by atoms with Crippen LogP contribution >= 0.6 is 0 Å². The summed E-state index contributed by atoms with van der Waals surface area (Å²) in [6, 6.07) is 1.58. The largest absolute Gasteiger partial charge is 0.321 e. The maximum absolute atomic E-state index is 2.99. The van der Waals surface area contributed by atoms with Gasteiger partial charge in [-0.15, -0.1) is 0 Å². The molecule has 3 aliphatic rings. The molecular weight excluding hydrogens is 723 g/mol. The van der Waals surface area contributed by atoms with Crippen LogP contribution < -0.4 is 0 Å². The van der Waals surface area contributed by atoms with E-state index in [4.69, 9.17) is 0 Å². The zero-order valence-electron chi connectivity index (χ0n) is 29.9. The minimum absolute atomic E-state index is 1.58. The molecule has 241 valence electrons. The van der Waals surface area contributed by atoms with E-state index in [0.29, 0.717) is 0 Å². The molecule has 0 unspecified atom stereocenters. The van der Waals surface area contributed by atoms with Gasteiger partial charge < -0.3 is 4.57 Å². The summed E-state index contributed by atoms with van der Waals surface area (Å²) in [5.74, 6) is 0. The number of hydrogen-bond donors (Lipinski definition) is 0. The lowest BCUT2D eigenvalue weighted by Gasteiger charge is -2.27.